The van der Waals surface area contributed by atoms with Crippen molar-refractivity contribution in [3.63, 3.8) is 0 Å². The van der Waals surface area contributed by atoms with Gasteiger partial charge in [0.1, 0.15) is 42.2 Å². The first kappa shape index (κ1) is 37.3. The zero-order valence-corrected chi connectivity index (χ0v) is 29.4. The van der Waals surface area contributed by atoms with Gasteiger partial charge in [-0.3, -0.25) is 4.79 Å². The molecule has 6 N–H and O–H groups in total. The number of amides is 1. The van der Waals surface area contributed by atoms with Crippen LogP contribution in [-0.4, -0.2) is 91.2 Å². The van der Waals surface area contributed by atoms with Crippen molar-refractivity contribution >= 4 is 11.7 Å². The zero-order valence-electron chi connectivity index (χ0n) is 29.4. The molecular weight excluding hydrogens is 695 g/mol. The van der Waals surface area contributed by atoms with E-state index in [9.17, 15) is 38.4 Å². The molecule has 7 rings (SSSR count). The van der Waals surface area contributed by atoms with Crippen LogP contribution in [0.25, 0.3) is 0 Å². The van der Waals surface area contributed by atoms with E-state index in [-0.39, 0.29) is 36.0 Å². The molecule has 0 radical (unpaired) electrons. The zero-order chi connectivity index (χ0) is 37.5. The lowest BCUT2D eigenvalue weighted by Crippen LogP contribution is -2.57. The van der Waals surface area contributed by atoms with Crippen molar-refractivity contribution in [2.45, 2.75) is 100 Å². The third-order valence-electron chi connectivity index (χ3n) is 12.4. The molecule has 1 amide bonds. The summed E-state index contributed by atoms with van der Waals surface area (Å²) in [6, 6.07) is 11.1. The van der Waals surface area contributed by atoms with E-state index in [4.69, 9.17) is 9.47 Å². The Morgan fingerprint density at radius 2 is 1.89 bits per heavy atom. The summed E-state index contributed by atoms with van der Waals surface area (Å²) in [5.74, 6) is 1.25. The van der Waals surface area contributed by atoms with Crippen LogP contribution in [0, 0.1) is 17.3 Å². The Balaban J connectivity index is 0.850. The molecule has 1 saturated heterocycles. The number of ether oxygens (including phenoxy) is 2. The number of pyridine rings is 1. The first-order valence-electron chi connectivity index (χ1n) is 18.3. The number of carbonyl (C=O) groups excluding carboxylic acids is 1. The second-order valence-electron chi connectivity index (χ2n) is 15.3. The number of rotatable bonds is 10. The Morgan fingerprint density at radius 3 is 2.66 bits per heavy atom. The standard InChI is InChI=1S/C38H46F3N5O7/c1-36-15-12-24-23-9-7-22(47)18-21(23)6-8-25(24)26(36)13-16-37(36,51)14-3-17-42-35(50)27-10-11-32(46-45-27)53-20-29-34(49)33(48)28(19-52-29)43-31-5-2-4-30(44-31)38(39,40)41/h2,4-5,7,9-11,18,24-26,28-29,33-34,47-49,51H,3,6,8,12-17,19-20H2,1H3,(H,42,50)(H,43,44)/t24-,25-,26+,28+,29-,33-,34+,36+,37+/m1/s1. The van der Waals surface area contributed by atoms with Crippen molar-refractivity contribution in [3.05, 3.63) is 71.0 Å². The Labute approximate surface area is 305 Å². The highest BCUT2D eigenvalue weighted by Crippen LogP contribution is 2.65. The van der Waals surface area contributed by atoms with Crippen LogP contribution in [0.2, 0.25) is 0 Å². The average molecular weight is 742 g/mol. The summed E-state index contributed by atoms with van der Waals surface area (Å²) in [5.41, 5.74) is 0.613. The number of fused-ring (bicyclic) bond motifs is 5. The molecule has 9 atom stereocenters. The first-order valence-corrected chi connectivity index (χ1v) is 18.3. The monoisotopic (exact) mass is 741 g/mol. The second kappa shape index (κ2) is 14.6. The fourth-order valence-corrected chi connectivity index (χ4v) is 9.47. The Bertz CT molecular complexity index is 1780. The maximum absolute atomic E-state index is 13.0. The summed E-state index contributed by atoms with van der Waals surface area (Å²) in [6.45, 7) is 2.26. The molecule has 4 aliphatic rings. The summed E-state index contributed by atoms with van der Waals surface area (Å²) in [7, 11) is 0. The average Bonchev–Trinajstić information content (AvgIpc) is 3.41. The van der Waals surface area contributed by atoms with Gasteiger partial charge in [0, 0.05) is 12.6 Å². The summed E-state index contributed by atoms with van der Waals surface area (Å²) in [4.78, 5) is 16.4. The largest absolute Gasteiger partial charge is 0.508 e. The molecule has 3 aliphatic carbocycles. The number of hydrogen-bond acceptors (Lipinski definition) is 11. The number of halogens is 3. The number of nitrogens with one attached hydrogen (secondary N) is 2. The molecule has 0 spiro atoms. The third-order valence-corrected chi connectivity index (χ3v) is 12.4. The molecule has 3 aromatic rings. The fraction of sp³-hybridized carbons (Fsp3) is 0.579. The van der Waals surface area contributed by atoms with Crippen LogP contribution < -0.4 is 15.4 Å². The maximum Gasteiger partial charge on any atom is 0.433 e. The van der Waals surface area contributed by atoms with E-state index in [1.54, 1.807) is 6.07 Å². The van der Waals surface area contributed by atoms with Crippen LogP contribution in [0.1, 0.15) is 85.1 Å². The molecule has 3 heterocycles. The molecular formula is C38H46F3N5O7. The molecule has 1 aromatic carbocycles. The molecule has 0 bridgehead atoms. The van der Waals surface area contributed by atoms with Crippen LogP contribution in [0.3, 0.4) is 0 Å². The number of nitrogens with zero attached hydrogens (tertiary/aromatic N) is 3. The highest BCUT2D eigenvalue weighted by Gasteiger charge is 2.61. The number of benzene rings is 1. The second-order valence-corrected chi connectivity index (χ2v) is 15.3. The number of phenolic OH excluding ortho intramolecular Hbond substituents is 1. The Hall–Kier alpha value is -4.05. The quantitative estimate of drug-likeness (QED) is 0.163. The number of hydrogen-bond donors (Lipinski definition) is 6. The van der Waals surface area contributed by atoms with Gasteiger partial charge in [-0.25, -0.2) is 4.98 Å². The van der Waals surface area contributed by atoms with E-state index in [1.807, 2.05) is 6.07 Å². The van der Waals surface area contributed by atoms with Crippen molar-refractivity contribution in [1.29, 1.82) is 0 Å². The van der Waals surface area contributed by atoms with Crippen molar-refractivity contribution in [2.75, 3.05) is 25.1 Å². The molecule has 2 saturated carbocycles. The lowest BCUT2D eigenvalue weighted by molar-refractivity contribution is -0.150. The minimum absolute atomic E-state index is 0.0563. The van der Waals surface area contributed by atoms with Gasteiger partial charge < -0.3 is 40.5 Å². The van der Waals surface area contributed by atoms with Crippen LogP contribution in [0.4, 0.5) is 19.0 Å². The lowest BCUT2D eigenvalue weighted by atomic mass is 9.53. The first-order chi connectivity index (χ1) is 25.3. The highest BCUT2D eigenvalue weighted by atomic mass is 19.4. The maximum atomic E-state index is 13.0. The minimum Gasteiger partial charge on any atom is -0.508 e. The molecule has 2 aromatic heterocycles. The van der Waals surface area contributed by atoms with Gasteiger partial charge >= 0.3 is 6.18 Å². The molecule has 0 unspecified atom stereocenters. The van der Waals surface area contributed by atoms with Gasteiger partial charge in [0.05, 0.1) is 18.2 Å². The van der Waals surface area contributed by atoms with E-state index < -0.39 is 47.7 Å². The molecule has 1 aliphatic heterocycles. The van der Waals surface area contributed by atoms with Crippen molar-refractivity contribution < 1.29 is 47.9 Å². The van der Waals surface area contributed by atoms with E-state index in [0.29, 0.717) is 42.9 Å². The number of phenols is 1. The molecule has 286 valence electrons. The van der Waals surface area contributed by atoms with Gasteiger partial charge in [-0.2, -0.15) is 13.2 Å². The third kappa shape index (κ3) is 7.40. The van der Waals surface area contributed by atoms with Gasteiger partial charge in [0.2, 0.25) is 5.88 Å². The van der Waals surface area contributed by atoms with Gasteiger partial charge in [-0.05, 0) is 116 Å². The number of aliphatic hydroxyl groups is 3. The summed E-state index contributed by atoms with van der Waals surface area (Å²) in [6.07, 6.45) is -1.52. The molecule has 53 heavy (non-hydrogen) atoms. The van der Waals surface area contributed by atoms with Crippen LogP contribution >= 0.6 is 0 Å². The van der Waals surface area contributed by atoms with E-state index in [0.717, 1.165) is 44.6 Å². The van der Waals surface area contributed by atoms with Gasteiger partial charge in [0.15, 0.2) is 5.69 Å². The van der Waals surface area contributed by atoms with Crippen LogP contribution in [0.5, 0.6) is 11.6 Å². The van der Waals surface area contributed by atoms with Crippen molar-refractivity contribution in [2.24, 2.45) is 17.3 Å². The minimum atomic E-state index is -4.63. The van der Waals surface area contributed by atoms with Crippen LogP contribution in [-0.2, 0) is 17.3 Å². The number of aromatic nitrogens is 3. The number of aliphatic hydroxyl groups excluding tert-OH is 2. The number of aromatic hydroxyl groups is 1. The molecule has 3 fully saturated rings. The molecule has 12 nitrogen and oxygen atoms in total. The number of anilines is 1. The Morgan fingerprint density at radius 1 is 1.06 bits per heavy atom. The van der Waals surface area contributed by atoms with Crippen molar-refractivity contribution in [3.8, 4) is 11.6 Å². The van der Waals surface area contributed by atoms with Crippen molar-refractivity contribution in [1.82, 2.24) is 20.5 Å². The number of aryl methyl sites for hydroxylation is 1. The fourth-order valence-electron chi connectivity index (χ4n) is 9.47. The molecule has 15 heteroatoms. The van der Waals surface area contributed by atoms with Gasteiger partial charge in [0.25, 0.3) is 5.91 Å². The number of alkyl halides is 3. The topological polar surface area (TPSA) is 179 Å². The lowest BCUT2D eigenvalue weighted by Gasteiger charge is -2.53. The van der Waals surface area contributed by atoms with Crippen LogP contribution in [0.15, 0.2) is 48.5 Å². The Kier molecular flexibility index (Phi) is 10.3. The summed E-state index contributed by atoms with van der Waals surface area (Å²) >= 11 is 0. The summed E-state index contributed by atoms with van der Waals surface area (Å²) in [5, 5.41) is 56.6. The van der Waals surface area contributed by atoms with Gasteiger partial charge in [-0.15, -0.1) is 10.2 Å². The highest BCUT2D eigenvalue weighted by molar-refractivity contribution is 5.92. The normalized spacial score (nSPS) is 32.2. The number of carbonyl (C=O) groups is 1. The predicted molar refractivity (Wildman–Crippen MR) is 185 cm³/mol. The predicted octanol–water partition coefficient (Wildman–Crippen LogP) is 4.37. The van der Waals surface area contributed by atoms with E-state index >= 15 is 0 Å². The SMILES string of the molecule is C[C@]12CC[C@@H]3c4ccc(O)cc4CC[C@H]3[C@@H]1CC[C@@]2(O)CCCNC(=O)c1ccc(OC[C@H]2OC[C@H](Nc3cccc(C(F)(F)F)n3)[C@@H](O)[C@H]2O)nn1. The van der Waals surface area contributed by atoms with E-state index in [2.05, 4.69) is 38.8 Å². The van der Waals surface area contributed by atoms with Gasteiger partial charge in [-0.1, -0.05) is 19.1 Å². The summed E-state index contributed by atoms with van der Waals surface area (Å²) < 4.78 is 50.2. The smallest absolute Gasteiger partial charge is 0.433 e. The van der Waals surface area contributed by atoms with E-state index in [1.165, 1.54) is 35.4 Å².